The van der Waals surface area contributed by atoms with Crippen molar-refractivity contribution in [2.24, 2.45) is 11.8 Å². The molecule has 1 aromatic heterocycles. The summed E-state index contributed by atoms with van der Waals surface area (Å²) in [4.78, 5) is 4.16. The van der Waals surface area contributed by atoms with E-state index in [0.29, 0.717) is 24.9 Å². The highest BCUT2D eigenvalue weighted by Crippen LogP contribution is 2.17. The fraction of sp³-hybridized carbons (Fsp3) is 0.615. The Morgan fingerprint density at radius 1 is 1.17 bits per heavy atom. The number of aromatic nitrogens is 1. The van der Waals surface area contributed by atoms with Crippen molar-refractivity contribution in [2.45, 2.75) is 32.6 Å². The van der Waals surface area contributed by atoms with Crippen LogP contribution in [0.5, 0.6) is 0 Å². The van der Waals surface area contributed by atoms with Gasteiger partial charge in [-0.1, -0.05) is 27.7 Å². The molecule has 0 aromatic carbocycles. The maximum Gasteiger partial charge on any atom is 0.244 e. The van der Waals surface area contributed by atoms with E-state index in [-0.39, 0.29) is 4.90 Å². The zero-order valence-corrected chi connectivity index (χ0v) is 12.3. The van der Waals surface area contributed by atoms with Gasteiger partial charge in [0, 0.05) is 25.5 Å². The number of nitrogens with zero attached hydrogens (tertiary/aromatic N) is 2. The lowest BCUT2D eigenvalue weighted by Gasteiger charge is -2.25. The molecule has 0 aliphatic carbocycles. The molecule has 102 valence electrons. The Morgan fingerprint density at radius 2 is 1.72 bits per heavy atom. The Kier molecular flexibility index (Phi) is 5.28. The van der Waals surface area contributed by atoms with Crippen LogP contribution in [0.4, 0.5) is 0 Å². The minimum absolute atomic E-state index is 0.270. The van der Waals surface area contributed by atoms with Gasteiger partial charge in [0.2, 0.25) is 10.0 Å². The Hall–Kier alpha value is -0.940. The lowest BCUT2D eigenvalue weighted by atomic mass is 10.2. The van der Waals surface area contributed by atoms with Crippen LogP contribution in [0.3, 0.4) is 0 Å². The molecule has 0 unspecified atom stereocenters. The third kappa shape index (κ3) is 4.07. The standard InChI is InChI=1S/C13H22N2O2S/c1-11(2)9-15(10-12(3)4)18(16,17)13-6-5-7-14-8-13/h5-8,11-12H,9-10H2,1-4H3. The highest BCUT2D eigenvalue weighted by atomic mass is 32.2. The second-order valence-electron chi connectivity index (χ2n) is 5.30. The number of pyridine rings is 1. The fourth-order valence-corrected chi connectivity index (χ4v) is 3.47. The van der Waals surface area contributed by atoms with E-state index in [2.05, 4.69) is 4.98 Å². The fourth-order valence-electron chi connectivity index (χ4n) is 1.73. The van der Waals surface area contributed by atoms with Crippen molar-refractivity contribution < 1.29 is 8.42 Å². The zero-order chi connectivity index (χ0) is 13.8. The third-order valence-electron chi connectivity index (χ3n) is 2.41. The summed E-state index contributed by atoms with van der Waals surface area (Å²) in [6.07, 6.45) is 2.98. The zero-order valence-electron chi connectivity index (χ0n) is 11.5. The average molecular weight is 270 g/mol. The highest BCUT2D eigenvalue weighted by Gasteiger charge is 2.25. The molecule has 4 nitrogen and oxygen atoms in total. The van der Waals surface area contributed by atoms with Crippen molar-refractivity contribution in [2.75, 3.05) is 13.1 Å². The molecule has 0 spiro atoms. The molecule has 0 aliphatic rings. The third-order valence-corrected chi connectivity index (χ3v) is 4.22. The van der Waals surface area contributed by atoms with Crippen LogP contribution in [0, 0.1) is 11.8 Å². The monoisotopic (exact) mass is 270 g/mol. The van der Waals surface area contributed by atoms with E-state index in [1.165, 1.54) is 6.20 Å². The van der Waals surface area contributed by atoms with Crippen molar-refractivity contribution in [3.63, 3.8) is 0 Å². The van der Waals surface area contributed by atoms with Gasteiger partial charge in [-0.2, -0.15) is 4.31 Å². The molecule has 0 fully saturated rings. The molecule has 0 aliphatic heterocycles. The Bertz CT molecular complexity index is 445. The molecule has 0 saturated carbocycles. The van der Waals surface area contributed by atoms with Gasteiger partial charge in [-0.25, -0.2) is 8.42 Å². The van der Waals surface area contributed by atoms with Gasteiger partial charge in [0.05, 0.1) is 0 Å². The summed E-state index contributed by atoms with van der Waals surface area (Å²) in [6.45, 7) is 9.15. The van der Waals surface area contributed by atoms with E-state index < -0.39 is 10.0 Å². The molecule has 0 saturated heterocycles. The Balaban J connectivity index is 3.03. The summed E-state index contributed by atoms with van der Waals surface area (Å²) < 4.78 is 26.5. The first-order valence-electron chi connectivity index (χ1n) is 6.24. The molecular formula is C13H22N2O2S. The van der Waals surface area contributed by atoms with Crippen LogP contribution in [0.1, 0.15) is 27.7 Å². The molecule has 1 heterocycles. The van der Waals surface area contributed by atoms with Gasteiger partial charge in [0.1, 0.15) is 4.90 Å². The van der Waals surface area contributed by atoms with Crippen LogP contribution in [0.25, 0.3) is 0 Å². The van der Waals surface area contributed by atoms with Crippen LogP contribution >= 0.6 is 0 Å². The van der Waals surface area contributed by atoms with Gasteiger partial charge in [0.15, 0.2) is 0 Å². The highest BCUT2D eigenvalue weighted by molar-refractivity contribution is 7.89. The van der Waals surface area contributed by atoms with Crippen LogP contribution in [0.2, 0.25) is 0 Å². The molecule has 1 aromatic rings. The summed E-state index contributed by atoms with van der Waals surface area (Å²) in [7, 11) is -3.42. The molecule has 0 N–H and O–H groups in total. The normalized spacial score (nSPS) is 12.6. The van der Waals surface area contributed by atoms with E-state index in [1.807, 2.05) is 27.7 Å². The maximum atomic E-state index is 12.5. The van der Waals surface area contributed by atoms with Gasteiger partial charge in [-0.15, -0.1) is 0 Å². The topological polar surface area (TPSA) is 50.3 Å². The molecule has 18 heavy (non-hydrogen) atoms. The summed E-state index contributed by atoms with van der Waals surface area (Å²) in [6, 6.07) is 3.24. The number of rotatable bonds is 6. The van der Waals surface area contributed by atoms with E-state index in [4.69, 9.17) is 0 Å². The first-order valence-corrected chi connectivity index (χ1v) is 7.68. The van der Waals surface area contributed by atoms with Crippen molar-refractivity contribution in [1.29, 1.82) is 0 Å². The number of hydrogen-bond donors (Lipinski definition) is 0. The first-order chi connectivity index (χ1) is 8.34. The van der Waals surface area contributed by atoms with Gasteiger partial charge in [-0.05, 0) is 24.0 Å². The van der Waals surface area contributed by atoms with Crippen molar-refractivity contribution in [3.05, 3.63) is 24.5 Å². The molecule has 0 bridgehead atoms. The Morgan fingerprint density at radius 3 is 2.11 bits per heavy atom. The van der Waals surface area contributed by atoms with Crippen LogP contribution in [0.15, 0.2) is 29.4 Å². The number of sulfonamides is 1. The molecule has 0 radical (unpaired) electrons. The predicted molar refractivity (Wildman–Crippen MR) is 72.7 cm³/mol. The SMILES string of the molecule is CC(C)CN(CC(C)C)S(=O)(=O)c1cccnc1. The molecule has 0 atom stereocenters. The van der Waals surface area contributed by atoms with Crippen molar-refractivity contribution in [1.82, 2.24) is 9.29 Å². The van der Waals surface area contributed by atoms with Crippen molar-refractivity contribution in [3.8, 4) is 0 Å². The lowest BCUT2D eigenvalue weighted by molar-refractivity contribution is 0.333. The van der Waals surface area contributed by atoms with E-state index in [0.717, 1.165) is 0 Å². The molecule has 5 heteroatoms. The molecule has 0 amide bonds. The smallest absolute Gasteiger partial charge is 0.244 e. The summed E-state index contributed by atoms with van der Waals surface area (Å²) >= 11 is 0. The van der Waals surface area contributed by atoms with E-state index >= 15 is 0 Å². The minimum Gasteiger partial charge on any atom is -0.263 e. The van der Waals surface area contributed by atoms with E-state index in [9.17, 15) is 8.42 Å². The molecule has 1 rings (SSSR count). The Labute approximate surface area is 110 Å². The summed E-state index contributed by atoms with van der Waals surface area (Å²) in [5.41, 5.74) is 0. The van der Waals surface area contributed by atoms with Gasteiger partial charge >= 0.3 is 0 Å². The summed E-state index contributed by atoms with van der Waals surface area (Å²) in [5.74, 6) is 0.602. The molecular weight excluding hydrogens is 248 g/mol. The van der Waals surface area contributed by atoms with Crippen LogP contribution in [-0.4, -0.2) is 30.8 Å². The maximum absolute atomic E-state index is 12.5. The lowest BCUT2D eigenvalue weighted by Crippen LogP contribution is -2.37. The second kappa shape index (κ2) is 6.29. The quantitative estimate of drug-likeness (QED) is 0.797. The van der Waals surface area contributed by atoms with Crippen LogP contribution < -0.4 is 0 Å². The first kappa shape index (κ1) is 15.1. The largest absolute Gasteiger partial charge is 0.263 e. The van der Waals surface area contributed by atoms with E-state index in [1.54, 1.807) is 22.6 Å². The predicted octanol–water partition coefficient (Wildman–Crippen LogP) is 2.38. The number of hydrogen-bond acceptors (Lipinski definition) is 3. The van der Waals surface area contributed by atoms with Gasteiger partial charge in [-0.3, -0.25) is 4.98 Å². The minimum atomic E-state index is -3.42. The summed E-state index contributed by atoms with van der Waals surface area (Å²) in [5, 5.41) is 0. The van der Waals surface area contributed by atoms with Gasteiger partial charge in [0.25, 0.3) is 0 Å². The van der Waals surface area contributed by atoms with Crippen molar-refractivity contribution >= 4 is 10.0 Å². The van der Waals surface area contributed by atoms with Crippen LogP contribution in [-0.2, 0) is 10.0 Å². The van der Waals surface area contributed by atoms with Gasteiger partial charge < -0.3 is 0 Å². The second-order valence-corrected chi connectivity index (χ2v) is 7.24. The average Bonchev–Trinajstić information content (AvgIpc) is 2.28.